The van der Waals surface area contributed by atoms with Crippen molar-refractivity contribution in [2.45, 2.75) is 6.10 Å². The van der Waals surface area contributed by atoms with Crippen molar-refractivity contribution in [2.24, 2.45) is 0 Å². The molecule has 1 aliphatic heterocycles. The largest absolute Gasteiger partial charge is 0.508 e. The molecule has 6 heteroatoms. The Morgan fingerprint density at radius 1 is 1.39 bits per heavy atom. The van der Waals surface area contributed by atoms with Crippen LogP contribution in [0.4, 0.5) is 0 Å². The molecule has 1 heterocycles. The molecule has 0 saturated carbocycles. The van der Waals surface area contributed by atoms with Crippen molar-refractivity contribution in [3.8, 4) is 11.5 Å². The van der Waals surface area contributed by atoms with Crippen LogP contribution >= 0.6 is 0 Å². The van der Waals surface area contributed by atoms with E-state index in [1.54, 1.807) is 0 Å². The summed E-state index contributed by atoms with van der Waals surface area (Å²) in [5, 5.41) is 21.4. The highest BCUT2D eigenvalue weighted by Crippen LogP contribution is 2.21. The van der Waals surface area contributed by atoms with Gasteiger partial charge in [0.25, 0.3) is 5.91 Å². The van der Waals surface area contributed by atoms with Crippen LogP contribution in [0.2, 0.25) is 0 Å². The van der Waals surface area contributed by atoms with Crippen LogP contribution in [-0.4, -0.2) is 48.6 Å². The Bertz CT molecular complexity index is 428. The number of ether oxygens (including phenoxy) is 2. The minimum atomic E-state index is -0.461. The average molecular weight is 253 g/mol. The first-order chi connectivity index (χ1) is 8.66. The number of rotatable bonds is 3. The summed E-state index contributed by atoms with van der Waals surface area (Å²) in [4.78, 5) is 11.8. The predicted octanol–water partition coefficient (Wildman–Crippen LogP) is 0.243. The average Bonchev–Trinajstić information content (AvgIpc) is 2.40. The number of carbonyl (C=O) groups is 1. The third-order valence-electron chi connectivity index (χ3n) is 2.60. The standard InChI is InChI=1S/C12H15NO5/c14-8-1-2-11(15)10(5-8)12(16)13-6-9-7-17-3-4-18-9/h1-2,5,9,14-15H,3-4,6-7H2,(H,13,16). The topological polar surface area (TPSA) is 88.0 Å². The van der Waals surface area contributed by atoms with Crippen molar-refractivity contribution in [3.05, 3.63) is 23.8 Å². The van der Waals surface area contributed by atoms with Gasteiger partial charge in [-0.15, -0.1) is 0 Å². The first kappa shape index (κ1) is 12.7. The van der Waals surface area contributed by atoms with Gasteiger partial charge in [-0.3, -0.25) is 4.79 Å². The lowest BCUT2D eigenvalue weighted by atomic mass is 10.1. The van der Waals surface area contributed by atoms with Crippen LogP contribution in [0.1, 0.15) is 10.4 Å². The molecule has 2 rings (SSSR count). The summed E-state index contributed by atoms with van der Waals surface area (Å²) in [6.45, 7) is 1.82. The number of hydrogen-bond donors (Lipinski definition) is 3. The molecule has 3 N–H and O–H groups in total. The second-order valence-corrected chi connectivity index (χ2v) is 3.98. The van der Waals surface area contributed by atoms with Crippen LogP contribution < -0.4 is 5.32 Å². The van der Waals surface area contributed by atoms with E-state index in [9.17, 15) is 15.0 Å². The van der Waals surface area contributed by atoms with Crippen LogP contribution in [0.25, 0.3) is 0 Å². The van der Waals surface area contributed by atoms with Gasteiger partial charge in [0.05, 0.1) is 31.5 Å². The number of amides is 1. The molecule has 1 unspecified atom stereocenters. The first-order valence-electron chi connectivity index (χ1n) is 5.66. The molecule has 1 saturated heterocycles. The van der Waals surface area contributed by atoms with E-state index < -0.39 is 5.91 Å². The van der Waals surface area contributed by atoms with Gasteiger partial charge in [0, 0.05) is 6.54 Å². The third kappa shape index (κ3) is 3.12. The van der Waals surface area contributed by atoms with Gasteiger partial charge in [-0.2, -0.15) is 0 Å². The van der Waals surface area contributed by atoms with E-state index >= 15 is 0 Å². The maximum absolute atomic E-state index is 11.8. The molecule has 0 bridgehead atoms. The summed E-state index contributed by atoms with van der Waals surface area (Å²) in [6.07, 6.45) is -0.179. The second-order valence-electron chi connectivity index (χ2n) is 3.98. The van der Waals surface area contributed by atoms with Crippen LogP contribution in [-0.2, 0) is 9.47 Å². The molecule has 0 spiro atoms. The highest BCUT2D eigenvalue weighted by atomic mass is 16.6. The number of carbonyl (C=O) groups excluding carboxylic acids is 1. The van der Waals surface area contributed by atoms with Gasteiger partial charge in [0.1, 0.15) is 11.5 Å². The third-order valence-corrected chi connectivity index (χ3v) is 2.60. The van der Waals surface area contributed by atoms with Gasteiger partial charge < -0.3 is 25.0 Å². The van der Waals surface area contributed by atoms with Crippen LogP contribution in [0.3, 0.4) is 0 Å². The summed E-state index contributed by atoms with van der Waals surface area (Å²) in [5.74, 6) is -0.709. The monoisotopic (exact) mass is 253 g/mol. The quantitative estimate of drug-likeness (QED) is 0.672. The molecule has 0 aliphatic carbocycles. The van der Waals surface area contributed by atoms with E-state index in [1.165, 1.54) is 18.2 Å². The molecular formula is C12H15NO5. The minimum Gasteiger partial charge on any atom is -0.508 e. The number of nitrogens with one attached hydrogen (secondary N) is 1. The van der Waals surface area contributed by atoms with Gasteiger partial charge in [-0.25, -0.2) is 0 Å². The van der Waals surface area contributed by atoms with Gasteiger partial charge in [-0.05, 0) is 18.2 Å². The Balaban J connectivity index is 1.92. The molecule has 18 heavy (non-hydrogen) atoms. The molecule has 1 amide bonds. The van der Waals surface area contributed by atoms with Gasteiger partial charge in [0.15, 0.2) is 0 Å². The van der Waals surface area contributed by atoms with Crippen molar-refractivity contribution in [3.63, 3.8) is 0 Å². The Kier molecular flexibility index (Phi) is 4.01. The van der Waals surface area contributed by atoms with Gasteiger partial charge in [0.2, 0.25) is 0 Å². The highest BCUT2D eigenvalue weighted by Gasteiger charge is 2.17. The molecule has 1 aliphatic rings. The summed E-state index contributed by atoms with van der Waals surface area (Å²) in [7, 11) is 0. The van der Waals surface area contributed by atoms with E-state index in [0.29, 0.717) is 26.4 Å². The molecule has 6 nitrogen and oxygen atoms in total. The van der Waals surface area contributed by atoms with Crippen LogP contribution in [0, 0.1) is 0 Å². The minimum absolute atomic E-state index is 0.0340. The molecule has 1 fully saturated rings. The summed E-state index contributed by atoms with van der Waals surface area (Å²) < 4.78 is 10.6. The molecular weight excluding hydrogens is 238 g/mol. The lowest BCUT2D eigenvalue weighted by molar-refractivity contribution is -0.0855. The maximum atomic E-state index is 11.8. The molecule has 0 radical (unpaired) electrons. The SMILES string of the molecule is O=C(NCC1COCCO1)c1cc(O)ccc1O. The summed E-state index contributed by atoms with van der Waals surface area (Å²) in [6, 6.07) is 3.79. The van der Waals surface area contributed by atoms with E-state index in [-0.39, 0.29) is 23.2 Å². The fraction of sp³-hybridized carbons (Fsp3) is 0.417. The number of phenolic OH excluding ortho intramolecular Hbond substituents is 2. The highest BCUT2D eigenvalue weighted by molar-refractivity contribution is 5.97. The molecule has 1 aromatic carbocycles. The lowest BCUT2D eigenvalue weighted by Gasteiger charge is -2.23. The Hall–Kier alpha value is -1.79. The van der Waals surface area contributed by atoms with E-state index in [4.69, 9.17) is 9.47 Å². The predicted molar refractivity (Wildman–Crippen MR) is 62.7 cm³/mol. The summed E-state index contributed by atoms with van der Waals surface area (Å²) in [5.41, 5.74) is 0.0340. The van der Waals surface area contributed by atoms with Crippen molar-refractivity contribution in [1.29, 1.82) is 0 Å². The van der Waals surface area contributed by atoms with E-state index in [2.05, 4.69) is 5.32 Å². The second kappa shape index (κ2) is 5.70. The molecule has 98 valence electrons. The number of aromatic hydroxyl groups is 2. The summed E-state index contributed by atoms with van der Waals surface area (Å²) >= 11 is 0. The smallest absolute Gasteiger partial charge is 0.255 e. The molecule has 1 aromatic rings. The van der Waals surface area contributed by atoms with Crippen molar-refractivity contribution < 1.29 is 24.5 Å². The zero-order chi connectivity index (χ0) is 13.0. The van der Waals surface area contributed by atoms with Gasteiger partial charge >= 0.3 is 0 Å². The maximum Gasteiger partial charge on any atom is 0.255 e. The van der Waals surface area contributed by atoms with E-state index in [1.807, 2.05) is 0 Å². The fourth-order valence-electron chi connectivity index (χ4n) is 1.66. The normalized spacial score (nSPS) is 19.4. The lowest BCUT2D eigenvalue weighted by Crippen LogP contribution is -2.39. The fourth-order valence-corrected chi connectivity index (χ4v) is 1.66. The van der Waals surface area contributed by atoms with E-state index in [0.717, 1.165) is 0 Å². The molecule has 0 aromatic heterocycles. The Morgan fingerprint density at radius 2 is 2.22 bits per heavy atom. The Labute approximate surface area is 104 Å². The van der Waals surface area contributed by atoms with Crippen LogP contribution in [0.15, 0.2) is 18.2 Å². The van der Waals surface area contributed by atoms with Crippen LogP contribution in [0.5, 0.6) is 11.5 Å². The number of benzene rings is 1. The number of phenols is 2. The van der Waals surface area contributed by atoms with Crippen molar-refractivity contribution >= 4 is 5.91 Å². The number of hydrogen-bond acceptors (Lipinski definition) is 5. The Morgan fingerprint density at radius 3 is 2.94 bits per heavy atom. The van der Waals surface area contributed by atoms with Crippen molar-refractivity contribution in [1.82, 2.24) is 5.32 Å². The zero-order valence-electron chi connectivity index (χ0n) is 9.76. The first-order valence-corrected chi connectivity index (χ1v) is 5.66. The zero-order valence-corrected chi connectivity index (χ0v) is 9.76. The van der Waals surface area contributed by atoms with Gasteiger partial charge in [-0.1, -0.05) is 0 Å². The molecule has 1 atom stereocenters. The van der Waals surface area contributed by atoms with Crippen molar-refractivity contribution in [2.75, 3.05) is 26.4 Å².